The molecule has 9 nitrogen and oxygen atoms in total. The summed E-state index contributed by atoms with van der Waals surface area (Å²) in [6.07, 6.45) is 5.07. The molecule has 1 amide bonds. The van der Waals surface area contributed by atoms with Crippen molar-refractivity contribution in [3.63, 3.8) is 0 Å². The Balaban J connectivity index is 1.51. The molecule has 1 atom stereocenters. The summed E-state index contributed by atoms with van der Waals surface area (Å²) in [4.78, 5) is 17.0. The summed E-state index contributed by atoms with van der Waals surface area (Å²) in [5.74, 6) is 1.56. The van der Waals surface area contributed by atoms with E-state index in [1.807, 2.05) is 0 Å². The number of carbonyl (C=O) groups is 1. The van der Waals surface area contributed by atoms with E-state index in [9.17, 15) is 9.90 Å². The van der Waals surface area contributed by atoms with Gasteiger partial charge in [0.25, 0.3) is 0 Å². The fourth-order valence-corrected chi connectivity index (χ4v) is 4.17. The Labute approximate surface area is 183 Å². The molecular formula is C20H28BrN5O4. The summed E-state index contributed by atoms with van der Waals surface area (Å²) in [7, 11) is 0. The van der Waals surface area contributed by atoms with Gasteiger partial charge in [-0.3, -0.25) is 0 Å². The molecule has 2 aromatic rings. The molecule has 1 aliphatic heterocycles. The first-order valence-electron chi connectivity index (χ1n) is 10.4. The van der Waals surface area contributed by atoms with Gasteiger partial charge in [0.15, 0.2) is 5.65 Å². The van der Waals surface area contributed by atoms with Crippen LogP contribution in [0.3, 0.4) is 0 Å². The first-order chi connectivity index (χ1) is 14.3. The topological polar surface area (TPSA) is 110 Å². The third-order valence-electron chi connectivity index (χ3n) is 5.63. The quantitative estimate of drug-likeness (QED) is 0.557. The number of carbonyl (C=O) groups excluding carboxylic acids is 1. The molecule has 2 aromatic heterocycles. The number of amides is 1. The zero-order chi connectivity index (χ0) is 21.3. The zero-order valence-electron chi connectivity index (χ0n) is 17.2. The molecular weight excluding hydrogens is 454 g/mol. The van der Waals surface area contributed by atoms with Crippen molar-refractivity contribution < 1.29 is 19.4 Å². The monoisotopic (exact) mass is 481 g/mol. The van der Waals surface area contributed by atoms with E-state index in [0.717, 1.165) is 38.9 Å². The van der Waals surface area contributed by atoms with Crippen LogP contribution in [0.4, 0.5) is 10.6 Å². The van der Waals surface area contributed by atoms with Crippen LogP contribution in [0.25, 0.3) is 5.65 Å². The van der Waals surface area contributed by atoms with Gasteiger partial charge in [-0.2, -0.15) is 9.61 Å². The predicted octanol–water partition coefficient (Wildman–Crippen LogP) is 2.97. The Morgan fingerprint density at radius 3 is 2.80 bits per heavy atom. The molecule has 30 heavy (non-hydrogen) atoms. The van der Waals surface area contributed by atoms with Crippen LogP contribution in [0.15, 0.2) is 16.7 Å². The SMILES string of the molecule is CC(C)(O)C(Nc1cc(OC(=O)NCC2CCOCC2)n2ncc(Br)c2n1)C1CC1. The summed E-state index contributed by atoms with van der Waals surface area (Å²) in [6.45, 7) is 5.58. The summed E-state index contributed by atoms with van der Waals surface area (Å²) in [5.41, 5.74) is -0.383. The van der Waals surface area contributed by atoms with Gasteiger partial charge in [0.2, 0.25) is 5.88 Å². The van der Waals surface area contributed by atoms with E-state index in [2.05, 4.69) is 36.6 Å². The van der Waals surface area contributed by atoms with Crippen molar-refractivity contribution in [2.45, 2.75) is 51.2 Å². The van der Waals surface area contributed by atoms with E-state index in [1.165, 1.54) is 4.52 Å². The standard InChI is InChI=1S/C20H28BrN5O4/c1-20(2,28)17(13-3-4-13)24-15-9-16(26-18(25-15)14(21)11-23-26)30-19(27)22-10-12-5-7-29-8-6-12/h9,11-13,17,28H,3-8,10H2,1-2H3,(H,22,27)(H,24,25). The van der Waals surface area contributed by atoms with E-state index in [0.29, 0.717) is 34.3 Å². The van der Waals surface area contributed by atoms with Crippen molar-refractivity contribution in [3.05, 3.63) is 16.7 Å². The summed E-state index contributed by atoms with van der Waals surface area (Å²) < 4.78 is 13.1. The lowest BCUT2D eigenvalue weighted by atomic mass is 9.94. The Morgan fingerprint density at radius 1 is 1.40 bits per heavy atom. The molecule has 0 bridgehead atoms. The van der Waals surface area contributed by atoms with Gasteiger partial charge < -0.3 is 25.2 Å². The number of nitrogens with one attached hydrogen (secondary N) is 2. The molecule has 1 unspecified atom stereocenters. The average molecular weight is 482 g/mol. The lowest BCUT2D eigenvalue weighted by molar-refractivity contribution is 0.0519. The van der Waals surface area contributed by atoms with Gasteiger partial charge in [-0.25, -0.2) is 9.78 Å². The van der Waals surface area contributed by atoms with Crippen LogP contribution in [-0.2, 0) is 4.74 Å². The van der Waals surface area contributed by atoms with Crippen LogP contribution >= 0.6 is 15.9 Å². The lowest BCUT2D eigenvalue weighted by Crippen LogP contribution is -2.43. The number of fused-ring (bicyclic) bond motifs is 1. The minimum absolute atomic E-state index is 0.149. The highest BCUT2D eigenvalue weighted by Crippen LogP contribution is 2.39. The molecule has 0 aromatic carbocycles. The Morgan fingerprint density at radius 2 is 2.13 bits per heavy atom. The number of halogens is 1. The second-order valence-corrected chi connectivity index (χ2v) is 9.50. The van der Waals surface area contributed by atoms with Crippen molar-refractivity contribution >= 4 is 33.5 Å². The van der Waals surface area contributed by atoms with Gasteiger partial charge >= 0.3 is 6.09 Å². The normalized spacial score (nSPS) is 18.9. The van der Waals surface area contributed by atoms with Gasteiger partial charge in [-0.05, 0) is 67.3 Å². The van der Waals surface area contributed by atoms with Gasteiger partial charge in [-0.15, -0.1) is 0 Å². The molecule has 2 fully saturated rings. The van der Waals surface area contributed by atoms with Crippen molar-refractivity contribution in [1.29, 1.82) is 0 Å². The highest BCUT2D eigenvalue weighted by atomic mass is 79.9. The lowest BCUT2D eigenvalue weighted by Gasteiger charge is -2.30. The number of hydrogen-bond donors (Lipinski definition) is 3. The van der Waals surface area contributed by atoms with Crippen molar-refractivity contribution in [2.75, 3.05) is 25.1 Å². The van der Waals surface area contributed by atoms with Crippen molar-refractivity contribution in [1.82, 2.24) is 19.9 Å². The zero-order valence-corrected chi connectivity index (χ0v) is 18.8. The fraction of sp³-hybridized carbons (Fsp3) is 0.650. The minimum Gasteiger partial charge on any atom is -0.391 e. The van der Waals surface area contributed by atoms with E-state index in [1.54, 1.807) is 26.1 Å². The third kappa shape index (κ3) is 5.04. The van der Waals surface area contributed by atoms with Gasteiger partial charge in [0, 0.05) is 25.8 Å². The maximum atomic E-state index is 12.4. The number of nitrogens with zero attached hydrogens (tertiary/aromatic N) is 3. The van der Waals surface area contributed by atoms with Crippen LogP contribution in [-0.4, -0.2) is 57.2 Å². The van der Waals surface area contributed by atoms with Gasteiger partial charge in [0.1, 0.15) is 5.82 Å². The molecule has 3 N–H and O–H groups in total. The van der Waals surface area contributed by atoms with Gasteiger partial charge in [-0.1, -0.05) is 0 Å². The van der Waals surface area contributed by atoms with Crippen LogP contribution < -0.4 is 15.4 Å². The largest absolute Gasteiger partial charge is 0.413 e. The summed E-state index contributed by atoms with van der Waals surface area (Å²) in [5, 5.41) is 21.0. The Hall–Kier alpha value is -1.91. The number of aliphatic hydroxyl groups is 1. The number of anilines is 1. The maximum absolute atomic E-state index is 12.4. The third-order valence-corrected chi connectivity index (χ3v) is 6.19. The molecule has 4 rings (SSSR count). The molecule has 0 spiro atoms. The second-order valence-electron chi connectivity index (χ2n) is 8.65. The van der Waals surface area contributed by atoms with E-state index >= 15 is 0 Å². The van der Waals surface area contributed by atoms with Crippen molar-refractivity contribution in [2.24, 2.45) is 11.8 Å². The van der Waals surface area contributed by atoms with E-state index in [-0.39, 0.29) is 11.9 Å². The molecule has 10 heteroatoms. The molecule has 0 radical (unpaired) electrons. The van der Waals surface area contributed by atoms with E-state index < -0.39 is 11.7 Å². The Kier molecular flexibility index (Phi) is 6.17. The molecule has 1 aliphatic carbocycles. The first kappa shape index (κ1) is 21.3. The van der Waals surface area contributed by atoms with Gasteiger partial charge in [0.05, 0.1) is 22.3 Å². The van der Waals surface area contributed by atoms with Crippen LogP contribution in [0.1, 0.15) is 39.5 Å². The smallest absolute Gasteiger partial charge is 0.391 e. The molecule has 3 heterocycles. The molecule has 2 aliphatic rings. The molecule has 1 saturated carbocycles. The van der Waals surface area contributed by atoms with Crippen LogP contribution in [0.2, 0.25) is 0 Å². The summed E-state index contributed by atoms with van der Waals surface area (Å²) in [6, 6.07) is 1.49. The van der Waals surface area contributed by atoms with E-state index in [4.69, 9.17) is 9.47 Å². The second kappa shape index (κ2) is 8.68. The van der Waals surface area contributed by atoms with Crippen molar-refractivity contribution in [3.8, 4) is 5.88 Å². The highest BCUT2D eigenvalue weighted by molar-refractivity contribution is 9.10. The molecule has 164 valence electrons. The predicted molar refractivity (Wildman–Crippen MR) is 115 cm³/mol. The average Bonchev–Trinajstić information content (AvgIpc) is 3.47. The van der Waals surface area contributed by atoms with Crippen LogP contribution in [0.5, 0.6) is 5.88 Å². The number of rotatable bonds is 7. The Bertz CT molecular complexity index is 902. The van der Waals surface area contributed by atoms with Crippen LogP contribution in [0, 0.1) is 11.8 Å². The fourth-order valence-electron chi connectivity index (χ4n) is 3.82. The highest BCUT2D eigenvalue weighted by Gasteiger charge is 2.40. The minimum atomic E-state index is -0.908. The number of aromatic nitrogens is 3. The molecule has 1 saturated heterocycles. The number of hydrogen-bond acceptors (Lipinski definition) is 7. The first-order valence-corrected chi connectivity index (χ1v) is 11.2. The summed E-state index contributed by atoms with van der Waals surface area (Å²) >= 11 is 3.44. The number of ether oxygens (including phenoxy) is 2. The maximum Gasteiger partial charge on any atom is 0.413 e.